The number of ether oxygens (including phenoxy) is 2. The van der Waals surface area contributed by atoms with Gasteiger partial charge in [-0.25, -0.2) is 4.79 Å². The van der Waals surface area contributed by atoms with Crippen LogP contribution in [0.15, 0.2) is 66.7 Å². The summed E-state index contributed by atoms with van der Waals surface area (Å²) in [5.74, 6) is 0.417. The van der Waals surface area contributed by atoms with Crippen LogP contribution in [0, 0.1) is 0 Å². The summed E-state index contributed by atoms with van der Waals surface area (Å²) in [5, 5.41) is 0.629. The minimum Gasteiger partial charge on any atom is -0.493 e. The second-order valence-electron chi connectivity index (χ2n) is 6.65. The summed E-state index contributed by atoms with van der Waals surface area (Å²) in [6.45, 7) is 4.90. The number of hydrogen-bond donors (Lipinski definition) is 0. The molecule has 0 N–H and O–H groups in total. The third-order valence-corrected chi connectivity index (χ3v) is 4.86. The molecule has 0 saturated carbocycles. The van der Waals surface area contributed by atoms with E-state index in [0.717, 1.165) is 40.8 Å². The van der Waals surface area contributed by atoms with Crippen molar-refractivity contribution in [2.75, 3.05) is 13.2 Å². The molecule has 0 bridgehead atoms. The number of benzene rings is 3. The molecule has 3 aromatic rings. The molecule has 0 amide bonds. The topological polar surface area (TPSA) is 35.5 Å². The second kappa shape index (κ2) is 10.1. The van der Waals surface area contributed by atoms with Crippen molar-refractivity contribution in [1.29, 1.82) is 0 Å². The molecule has 29 heavy (non-hydrogen) atoms. The highest BCUT2D eigenvalue weighted by Gasteiger charge is 2.18. The van der Waals surface area contributed by atoms with Crippen LogP contribution in [0.1, 0.15) is 37.0 Å². The normalized spacial score (nSPS) is 10.6. The number of halogens is 1. The zero-order valence-electron chi connectivity index (χ0n) is 16.8. The van der Waals surface area contributed by atoms with E-state index in [1.54, 1.807) is 6.07 Å². The Morgan fingerprint density at radius 2 is 1.52 bits per heavy atom. The summed E-state index contributed by atoms with van der Waals surface area (Å²) in [5.41, 5.74) is 4.24. The minimum absolute atomic E-state index is 0.326. The zero-order valence-corrected chi connectivity index (χ0v) is 17.5. The van der Waals surface area contributed by atoms with Crippen molar-refractivity contribution in [3.63, 3.8) is 0 Å². The first kappa shape index (κ1) is 20.9. The molecule has 0 unspecified atom stereocenters. The van der Waals surface area contributed by atoms with E-state index in [0.29, 0.717) is 23.8 Å². The van der Waals surface area contributed by atoms with Crippen LogP contribution in [-0.4, -0.2) is 19.2 Å². The van der Waals surface area contributed by atoms with Gasteiger partial charge in [-0.3, -0.25) is 0 Å². The Kier molecular flexibility index (Phi) is 7.31. The average Bonchev–Trinajstić information content (AvgIpc) is 2.74. The van der Waals surface area contributed by atoms with Gasteiger partial charge in [0, 0.05) is 10.6 Å². The van der Waals surface area contributed by atoms with Crippen LogP contribution in [-0.2, 0) is 4.74 Å². The highest BCUT2D eigenvalue weighted by atomic mass is 35.5. The van der Waals surface area contributed by atoms with Gasteiger partial charge in [-0.2, -0.15) is 0 Å². The predicted octanol–water partition coefficient (Wildman–Crippen LogP) is 7.03. The smallest absolute Gasteiger partial charge is 0.338 e. The fraction of sp³-hybridized carbons (Fsp3) is 0.240. The average molecular weight is 409 g/mol. The van der Waals surface area contributed by atoms with Crippen molar-refractivity contribution < 1.29 is 14.3 Å². The Bertz CT molecular complexity index is 981. The van der Waals surface area contributed by atoms with Gasteiger partial charge >= 0.3 is 5.97 Å². The predicted molar refractivity (Wildman–Crippen MR) is 119 cm³/mol. The van der Waals surface area contributed by atoms with Crippen LogP contribution >= 0.6 is 11.6 Å². The first-order valence-corrected chi connectivity index (χ1v) is 10.3. The largest absolute Gasteiger partial charge is 0.493 e. The summed E-state index contributed by atoms with van der Waals surface area (Å²) in [7, 11) is 0. The zero-order chi connectivity index (χ0) is 20.6. The standard InChI is InChI=1S/C25H25ClO3/c1-3-5-16-29-24-17-18(26)14-15-22(24)20-11-7-6-10-19(20)21-12-8-9-13-23(21)25(27)28-4-2/h6-15,17H,3-5,16H2,1-2H3. The van der Waals surface area contributed by atoms with Crippen LogP contribution < -0.4 is 4.74 Å². The summed E-state index contributed by atoms with van der Waals surface area (Å²) in [4.78, 5) is 12.5. The van der Waals surface area contributed by atoms with E-state index in [2.05, 4.69) is 6.92 Å². The van der Waals surface area contributed by atoms with E-state index in [1.807, 2.05) is 67.6 Å². The number of carbonyl (C=O) groups is 1. The molecule has 0 fully saturated rings. The van der Waals surface area contributed by atoms with Gasteiger partial charge in [0.2, 0.25) is 0 Å². The van der Waals surface area contributed by atoms with Gasteiger partial charge < -0.3 is 9.47 Å². The van der Waals surface area contributed by atoms with Crippen molar-refractivity contribution in [2.24, 2.45) is 0 Å². The lowest BCUT2D eigenvalue weighted by Crippen LogP contribution is -2.06. The summed E-state index contributed by atoms with van der Waals surface area (Å²) in [6.07, 6.45) is 2.03. The number of unbranched alkanes of at least 4 members (excludes halogenated alkanes) is 1. The van der Waals surface area contributed by atoms with Crippen LogP contribution in [0.25, 0.3) is 22.3 Å². The van der Waals surface area contributed by atoms with Gasteiger partial charge in [0.15, 0.2) is 0 Å². The lowest BCUT2D eigenvalue weighted by Gasteiger charge is -2.17. The Hall–Kier alpha value is -2.78. The minimum atomic E-state index is -0.326. The lowest BCUT2D eigenvalue weighted by molar-refractivity contribution is 0.0527. The number of esters is 1. The molecule has 0 spiro atoms. The molecule has 0 radical (unpaired) electrons. The molecular weight excluding hydrogens is 384 g/mol. The van der Waals surface area contributed by atoms with E-state index in [9.17, 15) is 4.79 Å². The molecule has 3 rings (SSSR count). The molecule has 0 aromatic heterocycles. The van der Waals surface area contributed by atoms with Gasteiger partial charge in [-0.1, -0.05) is 67.4 Å². The van der Waals surface area contributed by atoms with Crippen LogP contribution in [0.5, 0.6) is 5.75 Å². The fourth-order valence-corrected chi connectivity index (χ4v) is 3.38. The molecule has 4 heteroatoms. The number of carbonyl (C=O) groups excluding carboxylic acids is 1. The van der Waals surface area contributed by atoms with Crippen LogP contribution in [0.4, 0.5) is 0 Å². The van der Waals surface area contributed by atoms with Crippen molar-refractivity contribution >= 4 is 17.6 Å². The molecule has 0 aliphatic rings. The first-order valence-electron chi connectivity index (χ1n) is 9.94. The highest BCUT2D eigenvalue weighted by molar-refractivity contribution is 6.30. The third kappa shape index (κ3) is 4.99. The van der Waals surface area contributed by atoms with E-state index in [1.165, 1.54) is 0 Å². The van der Waals surface area contributed by atoms with Gasteiger partial charge in [0.25, 0.3) is 0 Å². The maximum Gasteiger partial charge on any atom is 0.338 e. The Morgan fingerprint density at radius 3 is 2.21 bits per heavy atom. The van der Waals surface area contributed by atoms with Crippen molar-refractivity contribution in [2.45, 2.75) is 26.7 Å². The maximum absolute atomic E-state index is 12.5. The van der Waals surface area contributed by atoms with Gasteiger partial charge in [0.1, 0.15) is 5.75 Å². The van der Waals surface area contributed by atoms with Gasteiger partial charge in [0.05, 0.1) is 18.8 Å². The van der Waals surface area contributed by atoms with Crippen LogP contribution in [0.2, 0.25) is 5.02 Å². The van der Waals surface area contributed by atoms with Gasteiger partial charge in [-0.15, -0.1) is 0 Å². The molecule has 0 saturated heterocycles. The lowest BCUT2D eigenvalue weighted by atomic mass is 9.91. The monoisotopic (exact) mass is 408 g/mol. The van der Waals surface area contributed by atoms with E-state index < -0.39 is 0 Å². The van der Waals surface area contributed by atoms with Gasteiger partial charge in [-0.05, 0) is 54.3 Å². The number of hydrogen-bond acceptors (Lipinski definition) is 3. The summed E-state index contributed by atoms with van der Waals surface area (Å²) < 4.78 is 11.3. The Morgan fingerprint density at radius 1 is 0.862 bits per heavy atom. The summed E-state index contributed by atoms with van der Waals surface area (Å²) >= 11 is 6.23. The SMILES string of the molecule is CCCCOc1cc(Cl)ccc1-c1ccccc1-c1ccccc1C(=O)OCC. The van der Waals surface area contributed by atoms with Crippen molar-refractivity contribution in [3.8, 4) is 28.0 Å². The summed E-state index contributed by atoms with van der Waals surface area (Å²) in [6, 6.07) is 21.2. The molecule has 3 aromatic carbocycles. The molecule has 0 aliphatic carbocycles. The maximum atomic E-state index is 12.5. The highest BCUT2D eigenvalue weighted by Crippen LogP contribution is 2.39. The molecule has 3 nitrogen and oxygen atoms in total. The van der Waals surface area contributed by atoms with Crippen molar-refractivity contribution in [3.05, 3.63) is 77.3 Å². The fourth-order valence-electron chi connectivity index (χ4n) is 3.22. The first-order chi connectivity index (χ1) is 14.2. The second-order valence-corrected chi connectivity index (χ2v) is 7.09. The van der Waals surface area contributed by atoms with E-state index in [-0.39, 0.29) is 5.97 Å². The van der Waals surface area contributed by atoms with Crippen LogP contribution in [0.3, 0.4) is 0 Å². The third-order valence-electron chi connectivity index (χ3n) is 4.63. The molecule has 0 heterocycles. The molecule has 0 aliphatic heterocycles. The molecular formula is C25H25ClO3. The quantitative estimate of drug-likeness (QED) is 0.296. The Labute approximate surface area is 177 Å². The Balaban J connectivity index is 2.12. The van der Waals surface area contributed by atoms with Crippen molar-refractivity contribution in [1.82, 2.24) is 0 Å². The molecule has 150 valence electrons. The van der Waals surface area contributed by atoms with E-state index >= 15 is 0 Å². The number of rotatable bonds is 8. The van der Waals surface area contributed by atoms with E-state index in [4.69, 9.17) is 21.1 Å². The molecule has 0 atom stereocenters.